The molecule has 0 aliphatic rings. The summed E-state index contributed by atoms with van der Waals surface area (Å²) < 4.78 is 55.3. The number of carbonyl (C=O) groups excluding carboxylic acids is 2. The molecule has 0 aliphatic heterocycles. The lowest BCUT2D eigenvalue weighted by atomic mass is 10.0. The Morgan fingerprint density at radius 2 is 0.795 bits per heavy atom. The normalized spacial score (nSPS) is 10.5. The minimum absolute atomic E-state index is 0.0220. The van der Waals surface area contributed by atoms with E-state index >= 15 is 0 Å². The second-order valence-corrected chi connectivity index (χ2v) is 36.5. The fraction of sp³-hybridized carbons (Fsp3) is 0.356. The van der Waals surface area contributed by atoms with E-state index in [0.29, 0.717) is 75.9 Å². The van der Waals surface area contributed by atoms with Gasteiger partial charge in [-0.05, 0) is 380 Å². The molecule has 0 fully saturated rings. The van der Waals surface area contributed by atoms with Crippen LogP contribution in [0.25, 0.3) is 0 Å². The number of aromatic nitrogens is 1. The SMILES string of the molecule is CC(C)Nc1ccc(Cl)cc1C(=O)c1ccccc1.CC(C)Nc1ccc(F)cc1.CC(C)Nc1ccc(S(=O)(=O)Nc2ccccn2)cc1.COC(=O)c1ccc(NC(C)C)cc1.COc1ccc(OC)c(NC(C)C)c1.Cc1cc(Br)c(NC(C)C)cc1C.Cc1cc(Cl)ccc1NC(C)C.Cc1ccc(C)c(NC(C)C)c1.Cc1ccc(NC(C)C)c(C)c1. The molecule has 11 aromatic rings. The first kappa shape index (κ1) is 110. The predicted molar refractivity (Wildman–Crippen MR) is 547 cm³/mol. The van der Waals surface area contributed by atoms with Gasteiger partial charge in [0, 0.05) is 138 Å². The van der Waals surface area contributed by atoms with Crippen LogP contribution in [0.5, 0.6) is 11.5 Å². The van der Waals surface area contributed by atoms with Gasteiger partial charge >= 0.3 is 5.97 Å². The minimum Gasteiger partial charge on any atom is -0.497 e. The third-order valence-corrected chi connectivity index (χ3v) is 20.0. The van der Waals surface area contributed by atoms with E-state index in [1.807, 2.05) is 126 Å². The smallest absolute Gasteiger partial charge is 0.337 e. The lowest BCUT2D eigenvalue weighted by Crippen LogP contribution is -2.14. The van der Waals surface area contributed by atoms with Crippen LogP contribution in [-0.2, 0) is 14.8 Å². The molecule has 10 N–H and O–H groups in total. The Kier molecular flexibility index (Phi) is 50.1. The van der Waals surface area contributed by atoms with Crippen molar-refractivity contribution in [2.24, 2.45) is 0 Å². The van der Waals surface area contributed by atoms with Crippen LogP contribution in [0.4, 0.5) is 61.4 Å². The minimum atomic E-state index is -3.60. The molecule has 0 saturated carbocycles. The second-order valence-electron chi connectivity index (χ2n) is 33.1. The Bertz CT molecular complexity index is 5110. The number of methoxy groups -OCH3 is 3. The quantitative estimate of drug-likeness (QED) is 0.0180. The fourth-order valence-corrected chi connectivity index (χ4v) is 13.6. The molecule has 0 aliphatic carbocycles. The van der Waals surface area contributed by atoms with Gasteiger partial charge < -0.3 is 62.1 Å². The highest BCUT2D eigenvalue weighted by Crippen LogP contribution is 2.31. The molecule has 0 radical (unpaired) electrons. The van der Waals surface area contributed by atoms with Crippen LogP contribution in [0.3, 0.4) is 0 Å². The number of sulfonamides is 1. The zero-order valence-electron chi connectivity index (χ0n) is 79.9. The topological polar surface area (TPSA) is 229 Å². The summed E-state index contributed by atoms with van der Waals surface area (Å²) >= 11 is 15.4. The molecule has 1 heterocycles. The molecule has 1 aromatic heterocycles. The maximum atomic E-state index is 12.5. The highest BCUT2D eigenvalue weighted by Gasteiger charge is 2.18. The first-order valence-electron chi connectivity index (χ1n) is 43.0. The molecule has 0 unspecified atom stereocenters. The number of rotatable bonds is 26. The van der Waals surface area contributed by atoms with Gasteiger partial charge in [0.25, 0.3) is 10.0 Å². The van der Waals surface area contributed by atoms with Crippen molar-refractivity contribution in [1.29, 1.82) is 0 Å². The number of hydrogen-bond acceptors (Lipinski definition) is 17. The summed E-state index contributed by atoms with van der Waals surface area (Å²) in [7, 11) is 1.09. The molecule has 11 rings (SSSR count). The molecular weight excluding hydrogens is 1720 g/mol. The number of hydrogen-bond donors (Lipinski definition) is 10. The monoisotopic (exact) mass is 1860 g/mol. The molecule has 18 nitrogen and oxygen atoms in total. The zero-order valence-corrected chi connectivity index (χ0v) is 83.8. The number of aryl methyl sites for hydroxylation is 7. The molecule has 0 amide bonds. The number of carbonyl (C=O) groups is 2. The van der Waals surface area contributed by atoms with Crippen molar-refractivity contribution in [3.8, 4) is 11.5 Å². The van der Waals surface area contributed by atoms with E-state index in [2.05, 4.69) is 258 Å². The van der Waals surface area contributed by atoms with Gasteiger partial charge in [-0.3, -0.25) is 9.52 Å². The number of esters is 1. The third kappa shape index (κ3) is 44.8. The van der Waals surface area contributed by atoms with Crippen molar-refractivity contribution >= 4 is 118 Å². The summed E-state index contributed by atoms with van der Waals surface area (Å²) in [6.07, 6.45) is 1.54. The average Bonchev–Trinajstić information content (AvgIpc) is 0.834. The van der Waals surface area contributed by atoms with Crippen molar-refractivity contribution in [3.63, 3.8) is 0 Å². The maximum absolute atomic E-state index is 12.5. The molecule has 688 valence electrons. The lowest BCUT2D eigenvalue weighted by Gasteiger charge is -2.14. The molecule has 0 atom stereocenters. The van der Waals surface area contributed by atoms with Crippen LogP contribution in [0.1, 0.15) is 190 Å². The first-order valence-corrected chi connectivity index (χ1v) is 46.0. The van der Waals surface area contributed by atoms with Crippen LogP contribution in [-0.4, -0.2) is 101 Å². The molecular formula is C104H141BrCl2FN11O7S. The standard InChI is InChI=1S/C16H16ClNO.C14H17N3O2S.C11H16BrN.C11H17NO2.C11H15NO2.2C11H17N.C10H14ClN.C9H12FN/c1-11(2)18-15-9-8-13(17)10-14(15)16(19)12-6-4-3-5-7-12;1-11(2)16-12-6-8-13(9-7-12)20(18,19)17-14-5-3-4-10-15-14;1-7(2)13-11-6-9(4)8(3)5-10(11)12;1-8(2)12-10-7-9(13-3)5-6-11(10)14-4;1-8(2)12-10-6-4-9(5-7-10)11(13)14-3;1-8(2)12-11-6-5-9(3)7-10(11)4;1-8(2)12-11-7-9(3)5-6-10(11)4;1-7(2)12-10-5-4-9(11)6-8(10)3;1-7(2)11-9-5-3-8(10)4-6-9/h3-11,18H,1-2H3;3-11,16H,1-2H3,(H,15,17);5-7,13H,1-4H3;5-8,12H,1-4H3;4-8,12H,1-3H3;2*5-8,12H,1-4H3;4-7,12H,1-3H3;3-7,11H,1-2H3. The van der Waals surface area contributed by atoms with E-state index in [4.69, 9.17) is 32.7 Å². The van der Waals surface area contributed by atoms with E-state index in [-0.39, 0.29) is 28.5 Å². The number of nitrogens with zero attached hydrogens (tertiary/aromatic N) is 1. The number of benzene rings is 10. The van der Waals surface area contributed by atoms with Crippen LogP contribution in [0.2, 0.25) is 10.0 Å². The van der Waals surface area contributed by atoms with Gasteiger partial charge in [-0.25, -0.2) is 22.6 Å². The number of ketones is 1. The van der Waals surface area contributed by atoms with Crippen molar-refractivity contribution in [2.45, 2.75) is 232 Å². The number of nitrogens with one attached hydrogen (secondary N) is 10. The van der Waals surface area contributed by atoms with Crippen molar-refractivity contribution in [2.75, 3.05) is 73.9 Å². The Labute approximate surface area is 778 Å². The van der Waals surface area contributed by atoms with Gasteiger partial charge in [-0.15, -0.1) is 0 Å². The second kappa shape index (κ2) is 57.7. The van der Waals surface area contributed by atoms with Gasteiger partial charge in [0.15, 0.2) is 5.78 Å². The summed E-state index contributed by atoms with van der Waals surface area (Å²) in [6.45, 7) is 52.4. The van der Waals surface area contributed by atoms with E-state index in [0.717, 1.165) is 55.1 Å². The Balaban J connectivity index is 0.000000371. The number of pyridine rings is 1. The van der Waals surface area contributed by atoms with E-state index in [9.17, 15) is 22.4 Å². The first-order chi connectivity index (χ1) is 59.8. The number of anilines is 10. The molecule has 10 aromatic carbocycles. The van der Waals surface area contributed by atoms with Gasteiger partial charge in [0.2, 0.25) is 0 Å². The predicted octanol–water partition coefficient (Wildman–Crippen LogP) is 28.2. The zero-order chi connectivity index (χ0) is 95.2. The summed E-state index contributed by atoms with van der Waals surface area (Å²) in [5.41, 5.74) is 20.4. The van der Waals surface area contributed by atoms with Gasteiger partial charge in [0.05, 0.1) is 37.5 Å². The van der Waals surface area contributed by atoms with Gasteiger partial charge in [0.1, 0.15) is 23.1 Å². The molecule has 127 heavy (non-hydrogen) atoms. The molecule has 0 saturated heterocycles. The Hall–Kier alpha value is -11.0. The van der Waals surface area contributed by atoms with E-state index < -0.39 is 10.0 Å². The third-order valence-electron chi connectivity index (χ3n) is 17.5. The summed E-state index contributed by atoms with van der Waals surface area (Å²) in [5.74, 6) is 1.44. The Morgan fingerprint density at radius 3 is 1.27 bits per heavy atom. The van der Waals surface area contributed by atoms with Gasteiger partial charge in [-0.2, -0.15) is 0 Å². The van der Waals surface area contributed by atoms with Crippen LogP contribution in [0.15, 0.2) is 240 Å². The van der Waals surface area contributed by atoms with Crippen LogP contribution >= 0.6 is 39.1 Å². The maximum Gasteiger partial charge on any atom is 0.337 e. The molecule has 23 heteroatoms. The summed E-state index contributed by atoms with van der Waals surface area (Å²) in [6, 6.07) is 72.3. The van der Waals surface area contributed by atoms with Crippen molar-refractivity contribution < 1.29 is 36.6 Å². The highest BCUT2D eigenvalue weighted by molar-refractivity contribution is 9.10. The average molecular weight is 1860 g/mol. The van der Waals surface area contributed by atoms with Crippen molar-refractivity contribution in [1.82, 2.24) is 4.98 Å². The molecule has 0 bridgehead atoms. The summed E-state index contributed by atoms with van der Waals surface area (Å²) in [5, 5.41) is 31.1. The van der Waals surface area contributed by atoms with Crippen LogP contribution < -0.4 is 62.0 Å². The number of ether oxygens (including phenoxy) is 3. The van der Waals surface area contributed by atoms with Crippen LogP contribution in [0, 0.1) is 54.3 Å². The largest absolute Gasteiger partial charge is 0.497 e. The summed E-state index contributed by atoms with van der Waals surface area (Å²) in [4.78, 5) is 27.8. The highest BCUT2D eigenvalue weighted by atomic mass is 79.9. The Morgan fingerprint density at radius 1 is 0.370 bits per heavy atom. The van der Waals surface area contributed by atoms with E-state index in [1.54, 1.807) is 93.1 Å². The fourth-order valence-electron chi connectivity index (χ4n) is 11.6. The van der Waals surface area contributed by atoms with Gasteiger partial charge in [-0.1, -0.05) is 89.4 Å². The van der Waals surface area contributed by atoms with E-state index in [1.165, 1.54) is 81.4 Å². The van der Waals surface area contributed by atoms with Crippen molar-refractivity contribution in [3.05, 3.63) is 307 Å². The lowest BCUT2D eigenvalue weighted by molar-refractivity contribution is 0.0600. The molecule has 0 spiro atoms. The number of halogens is 4.